The Morgan fingerprint density at radius 3 is 2.12 bits per heavy atom. The quantitative estimate of drug-likeness (QED) is 0.656. The second-order valence-electron chi connectivity index (χ2n) is 3.28. The van der Waals surface area contributed by atoms with Gasteiger partial charge in [0, 0.05) is 11.1 Å². The fourth-order valence-corrected chi connectivity index (χ4v) is 1.66. The van der Waals surface area contributed by atoms with E-state index >= 15 is 0 Å². The predicted molar refractivity (Wildman–Crippen MR) is 58.4 cm³/mol. The molecule has 0 saturated heterocycles. The van der Waals surface area contributed by atoms with Gasteiger partial charge in [0.05, 0.1) is 11.9 Å². The van der Waals surface area contributed by atoms with Crippen LogP contribution < -0.4 is 10.2 Å². The zero-order chi connectivity index (χ0) is 11.7. The Morgan fingerprint density at radius 2 is 1.53 bits per heavy atom. The number of carboxylic acids is 2. The van der Waals surface area contributed by atoms with E-state index in [4.69, 9.17) is 0 Å². The minimum Gasteiger partial charge on any atom is -0.545 e. The van der Waals surface area contributed by atoms with Crippen molar-refractivity contribution in [3.8, 4) is 0 Å². The molecule has 0 radical (unpaired) electrons. The van der Waals surface area contributed by atoms with E-state index in [2.05, 4.69) is 0 Å². The van der Waals surface area contributed by atoms with Crippen LogP contribution in [0.2, 0.25) is 0 Å². The molecule has 0 amide bonds. The molecule has 17 heavy (non-hydrogen) atoms. The molecule has 80 valence electrons. The van der Waals surface area contributed by atoms with Crippen LogP contribution in [0.3, 0.4) is 0 Å². The first-order valence-corrected chi connectivity index (χ1v) is 4.55. The van der Waals surface area contributed by atoms with Crippen molar-refractivity contribution in [3.63, 3.8) is 0 Å². The maximum absolute atomic E-state index is 10.9. The fourth-order valence-electron chi connectivity index (χ4n) is 1.66. The third-order valence-corrected chi connectivity index (χ3v) is 2.35. The Bertz CT molecular complexity index is 592. The van der Waals surface area contributed by atoms with Gasteiger partial charge in [-0.1, -0.05) is 36.4 Å². The molecule has 0 spiro atoms. The molecule has 0 aromatic heterocycles. The molecule has 0 fully saturated rings. The molecule has 0 aliphatic carbocycles. The van der Waals surface area contributed by atoms with E-state index in [1.165, 1.54) is 18.2 Å². The number of benzene rings is 2. The van der Waals surface area contributed by atoms with Crippen molar-refractivity contribution in [2.45, 2.75) is 0 Å². The molecule has 0 unspecified atom stereocenters. The Labute approximate surface area is 127 Å². The number of carbonyl (C=O) groups is 2. The van der Waals surface area contributed by atoms with E-state index < -0.39 is 11.9 Å². The average Bonchev–Trinajstić information content (AvgIpc) is 2.27. The van der Waals surface area contributed by atoms with Crippen molar-refractivity contribution in [1.82, 2.24) is 0 Å². The standard InChI is InChI=1S/C12H8O4.Ca/c13-11(14)9-6-5-7-3-1-2-4-8(7)10(9)12(15)16;/h1-6H,(H,13,14)(H,15,16);/q;+2/p-2. The van der Waals surface area contributed by atoms with E-state index in [1.807, 2.05) is 0 Å². The van der Waals surface area contributed by atoms with Gasteiger partial charge in [-0.25, -0.2) is 0 Å². The van der Waals surface area contributed by atoms with Gasteiger partial charge < -0.3 is 19.8 Å². The molecule has 0 bridgehead atoms. The van der Waals surface area contributed by atoms with Crippen molar-refractivity contribution in [2.24, 2.45) is 0 Å². The van der Waals surface area contributed by atoms with Crippen LogP contribution in [0.5, 0.6) is 0 Å². The van der Waals surface area contributed by atoms with Gasteiger partial charge >= 0.3 is 37.7 Å². The van der Waals surface area contributed by atoms with Crippen LogP contribution in [0.4, 0.5) is 0 Å². The summed E-state index contributed by atoms with van der Waals surface area (Å²) in [6, 6.07) is 9.34. The van der Waals surface area contributed by atoms with Crippen LogP contribution >= 0.6 is 0 Å². The second kappa shape index (κ2) is 5.49. The van der Waals surface area contributed by atoms with Crippen molar-refractivity contribution < 1.29 is 19.8 Å². The maximum atomic E-state index is 10.9. The number of hydrogen-bond donors (Lipinski definition) is 0. The monoisotopic (exact) mass is 254 g/mol. The first kappa shape index (κ1) is 14.0. The first-order chi connectivity index (χ1) is 7.61. The van der Waals surface area contributed by atoms with Crippen LogP contribution in [0.15, 0.2) is 36.4 Å². The second-order valence-corrected chi connectivity index (χ2v) is 3.28. The van der Waals surface area contributed by atoms with Crippen LogP contribution in [0.1, 0.15) is 20.7 Å². The fraction of sp³-hybridized carbons (Fsp3) is 0. The van der Waals surface area contributed by atoms with E-state index in [0.29, 0.717) is 10.8 Å². The summed E-state index contributed by atoms with van der Waals surface area (Å²) in [6.07, 6.45) is 0. The van der Waals surface area contributed by atoms with E-state index in [-0.39, 0.29) is 48.9 Å². The summed E-state index contributed by atoms with van der Waals surface area (Å²) >= 11 is 0. The van der Waals surface area contributed by atoms with Gasteiger partial charge in [-0.15, -0.1) is 0 Å². The third kappa shape index (κ3) is 2.60. The zero-order valence-electron chi connectivity index (χ0n) is 8.80. The number of fused-ring (bicyclic) bond motifs is 1. The number of hydrogen-bond acceptors (Lipinski definition) is 4. The number of carbonyl (C=O) groups excluding carboxylic acids is 2. The maximum Gasteiger partial charge on any atom is 2.00 e. The molecule has 0 saturated carbocycles. The van der Waals surface area contributed by atoms with Gasteiger partial charge in [0.2, 0.25) is 0 Å². The Morgan fingerprint density at radius 1 is 0.882 bits per heavy atom. The Hall–Kier alpha value is -1.10. The molecule has 0 aliphatic heterocycles. The topological polar surface area (TPSA) is 80.3 Å². The molecule has 0 aliphatic rings. The SMILES string of the molecule is O=C([O-])c1ccc2ccccc2c1C(=O)[O-].[Ca+2]. The van der Waals surface area contributed by atoms with Crippen molar-refractivity contribution in [1.29, 1.82) is 0 Å². The predicted octanol–water partition coefficient (Wildman–Crippen LogP) is -0.814. The van der Waals surface area contributed by atoms with Crippen molar-refractivity contribution >= 4 is 60.4 Å². The van der Waals surface area contributed by atoms with Crippen LogP contribution in [0.25, 0.3) is 10.8 Å². The molecule has 4 nitrogen and oxygen atoms in total. The molecule has 5 heteroatoms. The van der Waals surface area contributed by atoms with Crippen molar-refractivity contribution in [3.05, 3.63) is 47.5 Å². The minimum atomic E-state index is -1.52. The van der Waals surface area contributed by atoms with E-state index in [1.54, 1.807) is 18.2 Å². The Kier molecular flexibility index (Phi) is 4.51. The molecule has 0 N–H and O–H groups in total. The summed E-state index contributed by atoms with van der Waals surface area (Å²) in [5, 5.41) is 22.7. The van der Waals surface area contributed by atoms with Crippen LogP contribution in [-0.2, 0) is 0 Å². The molecule has 2 aromatic rings. The summed E-state index contributed by atoms with van der Waals surface area (Å²) < 4.78 is 0. The smallest absolute Gasteiger partial charge is 0.545 e. The number of aromatic carboxylic acids is 2. The molecular weight excluding hydrogens is 248 g/mol. The number of carboxylic acid groups (broad SMARTS) is 2. The van der Waals surface area contributed by atoms with Crippen LogP contribution in [0, 0.1) is 0 Å². The summed E-state index contributed by atoms with van der Waals surface area (Å²) in [7, 11) is 0. The van der Waals surface area contributed by atoms with Gasteiger partial charge in [0.25, 0.3) is 0 Å². The third-order valence-electron chi connectivity index (χ3n) is 2.35. The first-order valence-electron chi connectivity index (χ1n) is 4.55. The zero-order valence-corrected chi connectivity index (χ0v) is 11.0. The summed E-state index contributed by atoms with van der Waals surface area (Å²) in [5.74, 6) is -3.04. The average molecular weight is 254 g/mol. The molecular formula is C12H6CaO4. The van der Waals surface area contributed by atoms with Crippen LogP contribution in [-0.4, -0.2) is 49.7 Å². The van der Waals surface area contributed by atoms with E-state index in [9.17, 15) is 19.8 Å². The summed E-state index contributed by atoms with van der Waals surface area (Å²) in [4.78, 5) is 21.7. The van der Waals surface area contributed by atoms with Crippen molar-refractivity contribution in [2.75, 3.05) is 0 Å². The summed E-state index contributed by atoms with van der Waals surface area (Å²) in [5.41, 5.74) is -0.697. The number of rotatable bonds is 2. The van der Waals surface area contributed by atoms with Gasteiger partial charge in [-0.3, -0.25) is 0 Å². The summed E-state index contributed by atoms with van der Waals surface area (Å²) in [6.45, 7) is 0. The molecule has 2 aromatic carbocycles. The van der Waals surface area contributed by atoms with E-state index in [0.717, 1.165) is 0 Å². The largest absolute Gasteiger partial charge is 2.00 e. The van der Waals surface area contributed by atoms with Gasteiger partial charge in [0.1, 0.15) is 0 Å². The normalized spacial score (nSPS) is 9.65. The van der Waals surface area contributed by atoms with Gasteiger partial charge in [0.15, 0.2) is 0 Å². The van der Waals surface area contributed by atoms with Gasteiger partial charge in [-0.05, 0) is 10.8 Å². The Balaban J connectivity index is 0.00000144. The molecule has 0 heterocycles. The molecule has 2 rings (SSSR count). The minimum absolute atomic E-state index is 0. The molecule has 0 atom stereocenters. The van der Waals surface area contributed by atoms with Gasteiger partial charge in [-0.2, -0.15) is 0 Å².